The van der Waals surface area contributed by atoms with Crippen LogP contribution in [0.3, 0.4) is 0 Å². The fourth-order valence-electron chi connectivity index (χ4n) is 2.66. The van der Waals surface area contributed by atoms with E-state index in [4.69, 9.17) is 9.84 Å². The summed E-state index contributed by atoms with van der Waals surface area (Å²) < 4.78 is 5.41. The lowest BCUT2D eigenvalue weighted by atomic mass is 9.93. The number of ether oxygens (including phenoxy) is 1. The third-order valence-corrected chi connectivity index (χ3v) is 3.76. The molecule has 1 fully saturated rings. The molecule has 1 saturated heterocycles. The van der Waals surface area contributed by atoms with E-state index in [1.165, 1.54) is 0 Å². The van der Waals surface area contributed by atoms with Crippen molar-refractivity contribution in [3.05, 3.63) is 29.8 Å². The molecular formula is C16H21NO4. The molecule has 1 aliphatic heterocycles. The summed E-state index contributed by atoms with van der Waals surface area (Å²) in [5.74, 6) is 0.111. The molecule has 0 atom stereocenters. The first kappa shape index (κ1) is 15.4. The Balaban J connectivity index is 1.95. The number of nitrogens with zero attached hydrogens (tertiary/aromatic N) is 1. The fraction of sp³-hybridized carbons (Fsp3) is 0.500. The fourth-order valence-corrected chi connectivity index (χ4v) is 2.66. The van der Waals surface area contributed by atoms with Crippen LogP contribution in [-0.4, -0.2) is 41.6 Å². The highest BCUT2D eigenvalue weighted by Gasteiger charge is 2.25. The molecule has 0 aliphatic carbocycles. The van der Waals surface area contributed by atoms with Gasteiger partial charge >= 0.3 is 5.97 Å². The molecule has 0 radical (unpaired) electrons. The molecule has 1 aromatic carbocycles. The number of aliphatic carboxylic acids is 1. The van der Waals surface area contributed by atoms with E-state index in [0.29, 0.717) is 31.0 Å². The van der Waals surface area contributed by atoms with Crippen molar-refractivity contribution in [2.45, 2.75) is 26.2 Å². The molecule has 1 aliphatic rings. The van der Waals surface area contributed by atoms with Crippen LogP contribution >= 0.6 is 0 Å². The molecule has 5 heteroatoms. The Labute approximate surface area is 124 Å². The van der Waals surface area contributed by atoms with Crippen molar-refractivity contribution >= 4 is 11.9 Å². The van der Waals surface area contributed by atoms with E-state index in [0.717, 1.165) is 12.8 Å². The summed E-state index contributed by atoms with van der Waals surface area (Å²) in [7, 11) is 0. The second-order valence-corrected chi connectivity index (χ2v) is 5.29. The van der Waals surface area contributed by atoms with E-state index in [2.05, 4.69) is 0 Å². The third kappa shape index (κ3) is 4.21. The second kappa shape index (κ2) is 7.11. The van der Waals surface area contributed by atoms with Crippen molar-refractivity contribution in [2.24, 2.45) is 5.92 Å². The van der Waals surface area contributed by atoms with E-state index in [1.807, 2.05) is 19.1 Å². The number of benzene rings is 1. The van der Waals surface area contributed by atoms with E-state index < -0.39 is 5.97 Å². The molecule has 21 heavy (non-hydrogen) atoms. The lowest BCUT2D eigenvalue weighted by Crippen LogP contribution is -2.38. The summed E-state index contributed by atoms with van der Waals surface area (Å²) in [5, 5.41) is 8.81. The van der Waals surface area contributed by atoms with Crippen molar-refractivity contribution in [1.82, 2.24) is 4.90 Å². The number of carboxylic acid groups (broad SMARTS) is 1. The molecule has 1 heterocycles. The second-order valence-electron chi connectivity index (χ2n) is 5.29. The van der Waals surface area contributed by atoms with Gasteiger partial charge in [-0.25, -0.2) is 0 Å². The van der Waals surface area contributed by atoms with Crippen LogP contribution in [0.15, 0.2) is 24.3 Å². The predicted octanol–water partition coefficient (Wildman–Crippen LogP) is 2.41. The van der Waals surface area contributed by atoms with Gasteiger partial charge in [-0.2, -0.15) is 0 Å². The van der Waals surface area contributed by atoms with Gasteiger partial charge in [0.05, 0.1) is 6.61 Å². The molecular weight excluding hydrogens is 270 g/mol. The Morgan fingerprint density at radius 3 is 2.67 bits per heavy atom. The van der Waals surface area contributed by atoms with E-state index in [-0.39, 0.29) is 18.2 Å². The smallest absolute Gasteiger partial charge is 0.303 e. The molecule has 1 amide bonds. The van der Waals surface area contributed by atoms with E-state index in [9.17, 15) is 9.59 Å². The summed E-state index contributed by atoms with van der Waals surface area (Å²) in [4.78, 5) is 24.9. The molecule has 0 bridgehead atoms. The van der Waals surface area contributed by atoms with Gasteiger partial charge in [0.25, 0.3) is 5.91 Å². The number of carbonyl (C=O) groups excluding carboxylic acids is 1. The zero-order valence-electron chi connectivity index (χ0n) is 12.2. The molecule has 0 saturated carbocycles. The number of likely N-dealkylation sites (tertiary alicyclic amines) is 1. The Hall–Kier alpha value is -2.04. The molecule has 0 unspecified atom stereocenters. The first-order chi connectivity index (χ1) is 10.1. The van der Waals surface area contributed by atoms with Gasteiger partial charge in [0.2, 0.25) is 0 Å². The number of piperidine rings is 1. The highest BCUT2D eigenvalue weighted by Crippen LogP contribution is 2.23. The SMILES string of the molecule is CCOc1cccc(C(=O)N2CCC(CC(=O)O)CC2)c1. The van der Waals surface area contributed by atoms with E-state index >= 15 is 0 Å². The van der Waals surface area contributed by atoms with Crippen LogP contribution in [-0.2, 0) is 4.79 Å². The Morgan fingerprint density at radius 2 is 2.05 bits per heavy atom. The maximum absolute atomic E-state index is 12.4. The summed E-state index contributed by atoms with van der Waals surface area (Å²) in [6.07, 6.45) is 1.70. The monoisotopic (exact) mass is 291 g/mol. The van der Waals surface area contributed by atoms with Gasteiger partial charge in [-0.05, 0) is 43.9 Å². The minimum atomic E-state index is -0.760. The van der Waals surface area contributed by atoms with Crippen LogP contribution in [0.25, 0.3) is 0 Å². The molecule has 0 aromatic heterocycles. The van der Waals surface area contributed by atoms with Crippen LogP contribution in [0.1, 0.15) is 36.5 Å². The normalized spacial score (nSPS) is 15.8. The highest BCUT2D eigenvalue weighted by molar-refractivity contribution is 5.94. The minimum absolute atomic E-state index is 0.00896. The van der Waals surface area contributed by atoms with Crippen molar-refractivity contribution < 1.29 is 19.4 Å². The van der Waals surface area contributed by atoms with Crippen molar-refractivity contribution in [1.29, 1.82) is 0 Å². The Kier molecular flexibility index (Phi) is 5.20. The van der Waals surface area contributed by atoms with Crippen LogP contribution in [0.5, 0.6) is 5.75 Å². The Bertz CT molecular complexity index is 507. The molecule has 1 aromatic rings. The van der Waals surface area contributed by atoms with Gasteiger partial charge in [-0.1, -0.05) is 6.07 Å². The minimum Gasteiger partial charge on any atom is -0.494 e. The quantitative estimate of drug-likeness (QED) is 0.904. The average molecular weight is 291 g/mol. The zero-order chi connectivity index (χ0) is 15.2. The van der Waals surface area contributed by atoms with E-state index in [1.54, 1.807) is 17.0 Å². The highest BCUT2D eigenvalue weighted by atomic mass is 16.5. The number of rotatable bonds is 5. The predicted molar refractivity (Wildman–Crippen MR) is 78.5 cm³/mol. The summed E-state index contributed by atoms with van der Waals surface area (Å²) in [5.41, 5.74) is 0.623. The average Bonchev–Trinajstić information content (AvgIpc) is 2.47. The summed E-state index contributed by atoms with van der Waals surface area (Å²) in [6, 6.07) is 7.19. The van der Waals surface area contributed by atoms with Crippen LogP contribution in [0, 0.1) is 5.92 Å². The molecule has 2 rings (SSSR count). The van der Waals surface area contributed by atoms with Crippen molar-refractivity contribution in [2.75, 3.05) is 19.7 Å². The van der Waals surface area contributed by atoms with Crippen LogP contribution < -0.4 is 4.74 Å². The van der Waals surface area contributed by atoms with Gasteiger partial charge in [0.15, 0.2) is 0 Å². The van der Waals surface area contributed by atoms with Gasteiger partial charge < -0.3 is 14.7 Å². The Morgan fingerprint density at radius 1 is 1.33 bits per heavy atom. The van der Waals surface area contributed by atoms with Gasteiger partial charge in [0.1, 0.15) is 5.75 Å². The topological polar surface area (TPSA) is 66.8 Å². The molecule has 5 nitrogen and oxygen atoms in total. The van der Waals surface area contributed by atoms with Crippen molar-refractivity contribution in [3.8, 4) is 5.75 Å². The molecule has 0 spiro atoms. The third-order valence-electron chi connectivity index (χ3n) is 3.76. The van der Waals surface area contributed by atoms with Crippen LogP contribution in [0.2, 0.25) is 0 Å². The largest absolute Gasteiger partial charge is 0.494 e. The summed E-state index contributed by atoms with van der Waals surface area (Å²) in [6.45, 7) is 3.71. The number of hydrogen-bond donors (Lipinski definition) is 1. The van der Waals surface area contributed by atoms with Crippen LogP contribution in [0.4, 0.5) is 0 Å². The zero-order valence-corrected chi connectivity index (χ0v) is 12.2. The maximum atomic E-state index is 12.4. The first-order valence-electron chi connectivity index (χ1n) is 7.34. The van der Waals surface area contributed by atoms with Gasteiger partial charge in [-0.3, -0.25) is 9.59 Å². The molecule has 1 N–H and O–H groups in total. The lowest BCUT2D eigenvalue weighted by molar-refractivity contribution is -0.138. The summed E-state index contributed by atoms with van der Waals surface area (Å²) >= 11 is 0. The first-order valence-corrected chi connectivity index (χ1v) is 7.34. The number of carboxylic acids is 1. The number of amides is 1. The standard InChI is InChI=1S/C16H21NO4/c1-2-21-14-5-3-4-13(11-14)16(20)17-8-6-12(7-9-17)10-15(18)19/h3-5,11-12H,2,6-10H2,1H3,(H,18,19). The van der Waals surface area contributed by atoms with Gasteiger partial charge in [0, 0.05) is 25.1 Å². The maximum Gasteiger partial charge on any atom is 0.303 e. The molecule has 114 valence electrons. The number of carbonyl (C=O) groups is 2. The number of hydrogen-bond acceptors (Lipinski definition) is 3. The lowest BCUT2D eigenvalue weighted by Gasteiger charge is -2.31. The van der Waals surface area contributed by atoms with Gasteiger partial charge in [-0.15, -0.1) is 0 Å². The van der Waals surface area contributed by atoms with Crippen molar-refractivity contribution in [3.63, 3.8) is 0 Å².